The van der Waals surface area contributed by atoms with Gasteiger partial charge in [0.15, 0.2) is 0 Å². The molecular formula is C21H31N3O3. The van der Waals surface area contributed by atoms with Gasteiger partial charge in [-0.1, -0.05) is 39.8 Å². The van der Waals surface area contributed by atoms with Crippen molar-refractivity contribution in [1.82, 2.24) is 15.1 Å². The van der Waals surface area contributed by atoms with E-state index in [0.717, 1.165) is 11.4 Å². The van der Waals surface area contributed by atoms with Gasteiger partial charge in [0.2, 0.25) is 5.91 Å². The molecule has 6 heteroatoms. The van der Waals surface area contributed by atoms with Crippen LogP contribution in [0.25, 0.3) is 0 Å². The lowest BCUT2D eigenvalue weighted by Gasteiger charge is -2.31. The minimum absolute atomic E-state index is 0.121. The second kappa shape index (κ2) is 8.21. The number of benzene rings is 1. The average Bonchev–Trinajstić information content (AvgIpc) is 2.81. The minimum atomic E-state index is -0.799. The van der Waals surface area contributed by atoms with E-state index >= 15 is 0 Å². The zero-order valence-electron chi connectivity index (χ0n) is 17.2. The molecule has 1 N–H and O–H groups in total. The summed E-state index contributed by atoms with van der Waals surface area (Å²) in [6.45, 7) is 9.40. The van der Waals surface area contributed by atoms with Gasteiger partial charge in [-0.3, -0.25) is 19.3 Å². The molecule has 1 unspecified atom stereocenters. The Morgan fingerprint density at radius 2 is 1.63 bits per heavy atom. The molecule has 3 amide bonds. The van der Waals surface area contributed by atoms with Crippen molar-refractivity contribution in [2.45, 2.75) is 40.2 Å². The Kier molecular flexibility index (Phi) is 6.42. The van der Waals surface area contributed by atoms with Crippen molar-refractivity contribution in [3.05, 3.63) is 35.4 Å². The Morgan fingerprint density at radius 3 is 2.07 bits per heavy atom. The highest BCUT2D eigenvalue weighted by molar-refractivity contribution is 6.22. The highest BCUT2D eigenvalue weighted by Gasteiger charge is 2.42. The van der Waals surface area contributed by atoms with Crippen molar-refractivity contribution in [1.29, 1.82) is 0 Å². The largest absolute Gasteiger partial charge is 0.354 e. The van der Waals surface area contributed by atoms with E-state index in [4.69, 9.17) is 0 Å². The van der Waals surface area contributed by atoms with Gasteiger partial charge < -0.3 is 10.2 Å². The van der Waals surface area contributed by atoms with E-state index in [9.17, 15) is 14.4 Å². The van der Waals surface area contributed by atoms with Crippen molar-refractivity contribution < 1.29 is 14.4 Å². The molecule has 1 aromatic rings. The van der Waals surface area contributed by atoms with Crippen LogP contribution in [0.2, 0.25) is 0 Å². The second-order valence-corrected chi connectivity index (χ2v) is 8.79. The van der Waals surface area contributed by atoms with E-state index in [-0.39, 0.29) is 29.1 Å². The highest BCUT2D eigenvalue weighted by Crippen LogP contribution is 2.27. The zero-order valence-corrected chi connectivity index (χ0v) is 17.2. The summed E-state index contributed by atoms with van der Waals surface area (Å²) in [5, 5.41) is 2.97. The molecule has 0 bridgehead atoms. The maximum atomic E-state index is 13.0. The smallest absolute Gasteiger partial charge is 0.262 e. The lowest BCUT2D eigenvalue weighted by atomic mass is 9.92. The first-order valence-electron chi connectivity index (χ1n) is 9.43. The summed E-state index contributed by atoms with van der Waals surface area (Å²) in [5.74, 6) is -0.877. The molecule has 1 atom stereocenters. The number of fused-ring (bicyclic) bond motifs is 1. The molecule has 1 aliphatic heterocycles. The molecule has 6 nitrogen and oxygen atoms in total. The lowest BCUT2D eigenvalue weighted by molar-refractivity contribution is -0.126. The summed E-state index contributed by atoms with van der Waals surface area (Å²) in [7, 11) is 3.98. The van der Waals surface area contributed by atoms with Crippen LogP contribution in [0, 0.1) is 11.3 Å². The summed E-state index contributed by atoms with van der Waals surface area (Å²) in [4.78, 5) is 41.8. The molecular weight excluding hydrogens is 342 g/mol. The number of imide groups is 1. The van der Waals surface area contributed by atoms with E-state index < -0.39 is 6.04 Å². The molecule has 1 heterocycles. The Bertz CT molecular complexity index is 690. The quantitative estimate of drug-likeness (QED) is 0.711. The maximum Gasteiger partial charge on any atom is 0.262 e. The van der Waals surface area contributed by atoms with Gasteiger partial charge >= 0.3 is 0 Å². The summed E-state index contributed by atoms with van der Waals surface area (Å²) < 4.78 is 0. The molecule has 0 saturated carbocycles. The number of hydrogen-bond donors (Lipinski definition) is 1. The molecule has 1 aromatic carbocycles. The van der Waals surface area contributed by atoms with Gasteiger partial charge in [-0.25, -0.2) is 0 Å². The molecule has 0 spiro atoms. The Hall–Kier alpha value is -2.21. The van der Waals surface area contributed by atoms with Crippen LogP contribution >= 0.6 is 0 Å². The Balaban J connectivity index is 2.20. The number of carbonyl (C=O) groups excluding carboxylic acids is 3. The van der Waals surface area contributed by atoms with E-state index in [1.54, 1.807) is 24.3 Å². The van der Waals surface area contributed by atoms with Gasteiger partial charge in [-0.2, -0.15) is 0 Å². The molecule has 0 fully saturated rings. The number of hydrogen-bond acceptors (Lipinski definition) is 4. The second-order valence-electron chi connectivity index (χ2n) is 8.79. The fraction of sp³-hybridized carbons (Fsp3) is 0.571. The summed E-state index contributed by atoms with van der Waals surface area (Å²) in [5.41, 5.74) is 0.623. The van der Waals surface area contributed by atoms with Gasteiger partial charge in [0.1, 0.15) is 6.04 Å². The lowest BCUT2D eigenvalue weighted by Crippen LogP contribution is -2.52. The SMILES string of the molecule is CC(C)CC(C(=O)NCC(C)(C)CN(C)C)N1C(=O)c2ccccc2C1=O. The van der Waals surface area contributed by atoms with Crippen molar-refractivity contribution in [3.8, 4) is 0 Å². The van der Waals surface area contributed by atoms with E-state index in [2.05, 4.69) is 24.1 Å². The van der Waals surface area contributed by atoms with Crippen molar-refractivity contribution in [2.24, 2.45) is 11.3 Å². The van der Waals surface area contributed by atoms with Crippen LogP contribution in [-0.4, -0.2) is 60.7 Å². The third kappa shape index (κ3) is 4.95. The maximum absolute atomic E-state index is 13.0. The number of rotatable bonds is 8. The Labute approximate surface area is 161 Å². The fourth-order valence-electron chi connectivity index (χ4n) is 3.62. The van der Waals surface area contributed by atoms with Crippen LogP contribution in [0.3, 0.4) is 0 Å². The molecule has 0 aliphatic carbocycles. The van der Waals surface area contributed by atoms with Crippen molar-refractivity contribution >= 4 is 17.7 Å². The third-order valence-corrected chi connectivity index (χ3v) is 4.62. The molecule has 1 aliphatic rings. The zero-order chi connectivity index (χ0) is 20.4. The number of nitrogens with one attached hydrogen (secondary N) is 1. The first kappa shape index (κ1) is 21.1. The molecule has 2 rings (SSSR count). The average molecular weight is 373 g/mol. The van der Waals surface area contributed by atoms with Crippen LogP contribution in [0.15, 0.2) is 24.3 Å². The summed E-state index contributed by atoms with van der Waals surface area (Å²) >= 11 is 0. The number of amides is 3. The third-order valence-electron chi connectivity index (χ3n) is 4.62. The van der Waals surface area contributed by atoms with Crippen molar-refractivity contribution in [2.75, 3.05) is 27.2 Å². The van der Waals surface area contributed by atoms with Gasteiger partial charge in [-0.05, 0) is 44.0 Å². The minimum Gasteiger partial charge on any atom is -0.354 e. The van der Waals surface area contributed by atoms with Crippen LogP contribution in [0.1, 0.15) is 54.8 Å². The van der Waals surface area contributed by atoms with Gasteiger partial charge in [0.05, 0.1) is 11.1 Å². The van der Waals surface area contributed by atoms with Gasteiger partial charge in [0, 0.05) is 13.1 Å². The van der Waals surface area contributed by atoms with Crippen LogP contribution in [-0.2, 0) is 4.79 Å². The molecule has 27 heavy (non-hydrogen) atoms. The van der Waals surface area contributed by atoms with E-state index in [0.29, 0.717) is 24.1 Å². The van der Waals surface area contributed by atoms with Crippen LogP contribution < -0.4 is 5.32 Å². The van der Waals surface area contributed by atoms with Crippen LogP contribution in [0.4, 0.5) is 0 Å². The molecule has 148 valence electrons. The van der Waals surface area contributed by atoms with Gasteiger partial charge in [0.25, 0.3) is 11.8 Å². The van der Waals surface area contributed by atoms with Crippen molar-refractivity contribution in [3.63, 3.8) is 0 Å². The first-order chi connectivity index (χ1) is 12.5. The molecule has 0 radical (unpaired) electrons. The predicted molar refractivity (Wildman–Crippen MR) is 106 cm³/mol. The molecule has 0 saturated heterocycles. The highest BCUT2D eigenvalue weighted by atomic mass is 16.2. The predicted octanol–water partition coefficient (Wildman–Crippen LogP) is 2.40. The standard InChI is InChI=1S/C21H31N3O3/c1-14(2)11-17(18(25)22-12-21(3,4)13-23(5)6)24-19(26)15-9-7-8-10-16(15)20(24)27/h7-10,14,17H,11-13H2,1-6H3,(H,22,25). The monoisotopic (exact) mass is 373 g/mol. The number of carbonyl (C=O) groups is 3. The summed E-state index contributed by atoms with van der Waals surface area (Å²) in [6.07, 6.45) is 0.436. The Morgan fingerprint density at radius 1 is 1.11 bits per heavy atom. The first-order valence-corrected chi connectivity index (χ1v) is 9.43. The fourth-order valence-corrected chi connectivity index (χ4v) is 3.62. The normalized spacial score (nSPS) is 15.5. The van der Waals surface area contributed by atoms with E-state index in [1.165, 1.54) is 0 Å². The molecule has 0 aromatic heterocycles. The van der Waals surface area contributed by atoms with Crippen LogP contribution in [0.5, 0.6) is 0 Å². The van der Waals surface area contributed by atoms with Gasteiger partial charge in [-0.15, -0.1) is 0 Å². The summed E-state index contributed by atoms with van der Waals surface area (Å²) in [6, 6.07) is 5.94. The topological polar surface area (TPSA) is 69.7 Å². The number of nitrogens with zero attached hydrogens (tertiary/aromatic N) is 2. The van der Waals surface area contributed by atoms with E-state index in [1.807, 2.05) is 27.9 Å².